The number of carbonyl (C=O) groups is 2. The monoisotopic (exact) mass is 326 g/mol. The van der Waals surface area contributed by atoms with Crippen LogP contribution in [0.3, 0.4) is 0 Å². The van der Waals surface area contributed by atoms with Crippen molar-refractivity contribution in [2.45, 2.75) is 64.7 Å². The molecular formula is C17H30N2O4. The number of hydrogen-bond acceptors (Lipinski definition) is 5. The number of piperidine rings is 1. The summed E-state index contributed by atoms with van der Waals surface area (Å²) in [6.45, 7) is 9.97. The number of carbonyl (C=O) groups excluding carboxylic acids is 2. The molecule has 6 nitrogen and oxygen atoms in total. The van der Waals surface area contributed by atoms with Crippen LogP contribution < -0.4 is 0 Å². The van der Waals surface area contributed by atoms with Crippen molar-refractivity contribution >= 4 is 12.1 Å². The minimum atomic E-state index is -0.478. The lowest BCUT2D eigenvalue weighted by molar-refractivity contribution is -0.145. The van der Waals surface area contributed by atoms with E-state index in [2.05, 4.69) is 4.90 Å². The van der Waals surface area contributed by atoms with Crippen LogP contribution in [-0.4, -0.2) is 66.3 Å². The van der Waals surface area contributed by atoms with Gasteiger partial charge in [-0.25, -0.2) is 4.79 Å². The number of likely N-dealkylation sites (tertiary alicyclic amines) is 1. The molecule has 132 valence electrons. The maximum Gasteiger partial charge on any atom is 0.410 e. The largest absolute Gasteiger partial charge is 0.461 e. The van der Waals surface area contributed by atoms with Gasteiger partial charge in [-0.05, 0) is 53.0 Å². The van der Waals surface area contributed by atoms with Gasteiger partial charge >= 0.3 is 12.1 Å². The summed E-state index contributed by atoms with van der Waals surface area (Å²) in [6.07, 6.45) is 2.61. The third-order valence-electron chi connectivity index (χ3n) is 4.37. The van der Waals surface area contributed by atoms with Crippen LogP contribution in [0.25, 0.3) is 0 Å². The van der Waals surface area contributed by atoms with Gasteiger partial charge in [0.25, 0.3) is 0 Å². The zero-order chi connectivity index (χ0) is 17.2. The molecule has 2 saturated heterocycles. The third kappa shape index (κ3) is 5.09. The van der Waals surface area contributed by atoms with Crippen LogP contribution >= 0.6 is 0 Å². The molecule has 2 heterocycles. The van der Waals surface area contributed by atoms with Crippen molar-refractivity contribution in [2.24, 2.45) is 5.92 Å². The fourth-order valence-electron chi connectivity index (χ4n) is 3.36. The van der Waals surface area contributed by atoms with E-state index in [1.54, 1.807) is 11.9 Å². The highest BCUT2D eigenvalue weighted by Gasteiger charge is 2.38. The van der Waals surface area contributed by atoms with Crippen molar-refractivity contribution in [1.82, 2.24) is 9.80 Å². The Morgan fingerprint density at radius 3 is 2.70 bits per heavy atom. The van der Waals surface area contributed by atoms with Crippen LogP contribution in [0.2, 0.25) is 0 Å². The summed E-state index contributed by atoms with van der Waals surface area (Å²) in [4.78, 5) is 27.9. The van der Waals surface area contributed by atoms with Gasteiger partial charge in [0.1, 0.15) is 17.7 Å². The van der Waals surface area contributed by atoms with Gasteiger partial charge < -0.3 is 14.4 Å². The summed E-state index contributed by atoms with van der Waals surface area (Å²) in [7, 11) is 1.78. The molecule has 0 saturated carbocycles. The van der Waals surface area contributed by atoms with Crippen LogP contribution in [0.4, 0.5) is 4.79 Å². The molecule has 0 aromatic heterocycles. The van der Waals surface area contributed by atoms with E-state index in [-0.39, 0.29) is 24.2 Å². The molecule has 0 aliphatic carbocycles. The lowest BCUT2D eigenvalue weighted by Crippen LogP contribution is -2.48. The SMILES string of the molecule is C[C@@H]1C[C@H](N2CCC[C@H](CN(C)C(=O)OC(C)(C)C)C2)C(=O)O1. The van der Waals surface area contributed by atoms with Crippen molar-refractivity contribution in [3.8, 4) is 0 Å². The zero-order valence-corrected chi connectivity index (χ0v) is 15.0. The van der Waals surface area contributed by atoms with Gasteiger partial charge in [-0.15, -0.1) is 0 Å². The quantitative estimate of drug-likeness (QED) is 0.745. The summed E-state index contributed by atoms with van der Waals surface area (Å²) in [5.74, 6) is 0.267. The van der Waals surface area contributed by atoms with Crippen LogP contribution in [-0.2, 0) is 14.3 Å². The van der Waals surface area contributed by atoms with Crippen molar-refractivity contribution in [3.63, 3.8) is 0 Å². The molecular weight excluding hydrogens is 296 g/mol. The number of nitrogens with zero attached hydrogens (tertiary/aromatic N) is 2. The fraction of sp³-hybridized carbons (Fsp3) is 0.882. The molecule has 0 aromatic carbocycles. The Hall–Kier alpha value is -1.30. The van der Waals surface area contributed by atoms with E-state index in [1.165, 1.54) is 0 Å². The molecule has 0 aromatic rings. The Morgan fingerprint density at radius 1 is 1.43 bits per heavy atom. The molecule has 0 N–H and O–H groups in total. The van der Waals surface area contributed by atoms with E-state index in [1.807, 2.05) is 27.7 Å². The van der Waals surface area contributed by atoms with Gasteiger partial charge in [0.15, 0.2) is 0 Å². The predicted octanol–water partition coefficient (Wildman–Crippen LogP) is 2.27. The first-order valence-electron chi connectivity index (χ1n) is 8.54. The normalized spacial score (nSPS) is 29.3. The van der Waals surface area contributed by atoms with Crippen molar-refractivity contribution in [2.75, 3.05) is 26.7 Å². The van der Waals surface area contributed by atoms with E-state index in [4.69, 9.17) is 9.47 Å². The average Bonchev–Trinajstić information content (AvgIpc) is 2.76. The second-order valence-corrected chi connectivity index (χ2v) is 7.86. The molecule has 23 heavy (non-hydrogen) atoms. The summed E-state index contributed by atoms with van der Waals surface area (Å²) >= 11 is 0. The number of ether oxygens (including phenoxy) is 2. The standard InChI is InChI=1S/C17H30N2O4/c1-12-9-14(15(20)22-12)19-8-6-7-13(11-19)10-18(5)16(21)23-17(2,3)4/h12-14H,6-11H2,1-5H3/t12-,13-,14+/m1/s1. The third-order valence-corrected chi connectivity index (χ3v) is 4.37. The summed E-state index contributed by atoms with van der Waals surface area (Å²) < 4.78 is 10.7. The zero-order valence-electron chi connectivity index (χ0n) is 15.0. The minimum absolute atomic E-state index is 0.0114. The van der Waals surface area contributed by atoms with E-state index in [0.717, 1.165) is 32.4 Å². The second-order valence-electron chi connectivity index (χ2n) is 7.86. The maximum absolute atomic E-state index is 12.1. The molecule has 1 amide bonds. The van der Waals surface area contributed by atoms with Crippen molar-refractivity contribution in [1.29, 1.82) is 0 Å². The first-order valence-corrected chi connectivity index (χ1v) is 8.54. The number of rotatable bonds is 3. The molecule has 2 fully saturated rings. The van der Waals surface area contributed by atoms with Crippen molar-refractivity contribution in [3.05, 3.63) is 0 Å². The first kappa shape index (κ1) is 18.0. The Kier molecular flexibility index (Phi) is 5.55. The molecule has 2 rings (SSSR count). The van der Waals surface area contributed by atoms with Crippen LogP contribution in [0.1, 0.15) is 47.0 Å². The lowest BCUT2D eigenvalue weighted by Gasteiger charge is -2.36. The van der Waals surface area contributed by atoms with Gasteiger partial charge in [-0.2, -0.15) is 0 Å². The van der Waals surface area contributed by atoms with Crippen LogP contribution in [0.5, 0.6) is 0 Å². The molecule has 2 aliphatic heterocycles. The summed E-state index contributed by atoms with van der Waals surface area (Å²) in [6, 6.07) is -0.111. The topological polar surface area (TPSA) is 59.1 Å². The van der Waals surface area contributed by atoms with Crippen LogP contribution in [0, 0.1) is 5.92 Å². The second kappa shape index (κ2) is 7.07. The highest BCUT2D eigenvalue weighted by atomic mass is 16.6. The number of amides is 1. The number of hydrogen-bond donors (Lipinski definition) is 0. The molecule has 0 spiro atoms. The molecule has 3 atom stereocenters. The Balaban J connectivity index is 1.86. The summed E-state index contributed by atoms with van der Waals surface area (Å²) in [5.41, 5.74) is -0.478. The Bertz CT molecular complexity index is 446. The van der Waals surface area contributed by atoms with Gasteiger partial charge in [-0.3, -0.25) is 9.69 Å². The van der Waals surface area contributed by atoms with Gasteiger partial charge in [0, 0.05) is 26.6 Å². The average molecular weight is 326 g/mol. The van der Waals surface area contributed by atoms with Crippen molar-refractivity contribution < 1.29 is 19.1 Å². The van der Waals surface area contributed by atoms with E-state index < -0.39 is 5.60 Å². The van der Waals surface area contributed by atoms with Gasteiger partial charge in [0.05, 0.1) is 0 Å². The van der Waals surface area contributed by atoms with E-state index in [9.17, 15) is 9.59 Å². The Labute approximate surface area is 139 Å². The molecule has 2 aliphatic rings. The minimum Gasteiger partial charge on any atom is -0.461 e. The lowest BCUT2D eigenvalue weighted by atomic mass is 9.95. The molecule has 6 heteroatoms. The first-order chi connectivity index (χ1) is 10.7. The highest BCUT2D eigenvalue weighted by molar-refractivity contribution is 5.78. The molecule has 0 unspecified atom stereocenters. The fourth-order valence-corrected chi connectivity index (χ4v) is 3.36. The number of cyclic esters (lactones) is 1. The number of esters is 1. The van der Waals surface area contributed by atoms with E-state index in [0.29, 0.717) is 12.5 Å². The van der Waals surface area contributed by atoms with E-state index >= 15 is 0 Å². The Morgan fingerprint density at radius 2 is 2.13 bits per heavy atom. The smallest absolute Gasteiger partial charge is 0.410 e. The maximum atomic E-state index is 12.1. The summed E-state index contributed by atoms with van der Waals surface area (Å²) in [5, 5.41) is 0. The molecule has 0 radical (unpaired) electrons. The predicted molar refractivity (Wildman–Crippen MR) is 87.1 cm³/mol. The molecule has 0 bridgehead atoms. The van der Waals surface area contributed by atoms with Gasteiger partial charge in [0.2, 0.25) is 0 Å². The van der Waals surface area contributed by atoms with Crippen LogP contribution in [0.15, 0.2) is 0 Å². The highest BCUT2D eigenvalue weighted by Crippen LogP contribution is 2.26. The van der Waals surface area contributed by atoms with Gasteiger partial charge in [-0.1, -0.05) is 0 Å².